The van der Waals surface area contributed by atoms with Crippen LogP contribution in [0.5, 0.6) is 5.75 Å². The molecule has 1 N–H and O–H groups in total. The number of rotatable bonds is 11. The smallest absolute Gasteiger partial charge is 0.244 e. The molecule has 10 heteroatoms. The van der Waals surface area contributed by atoms with Crippen LogP contribution in [-0.2, 0) is 26.2 Å². The van der Waals surface area contributed by atoms with Gasteiger partial charge in [-0.25, -0.2) is 8.42 Å². The van der Waals surface area contributed by atoms with Gasteiger partial charge >= 0.3 is 0 Å². The molecule has 2 amide bonds. The van der Waals surface area contributed by atoms with E-state index in [4.69, 9.17) is 4.74 Å². The molecular formula is C24H32BrN3O5S. The number of amides is 2. The quantitative estimate of drug-likeness (QED) is 0.459. The fraction of sp³-hybridized carbons (Fsp3) is 0.417. The lowest BCUT2D eigenvalue weighted by molar-refractivity contribution is -0.140. The van der Waals surface area contributed by atoms with E-state index >= 15 is 0 Å². The molecule has 0 saturated carbocycles. The maximum absolute atomic E-state index is 13.6. The normalized spacial score (nSPS) is 12.1. The highest BCUT2D eigenvalue weighted by Crippen LogP contribution is 2.25. The Morgan fingerprint density at radius 1 is 1.15 bits per heavy atom. The number of nitrogens with one attached hydrogen (secondary N) is 1. The molecular weight excluding hydrogens is 522 g/mol. The van der Waals surface area contributed by atoms with Gasteiger partial charge in [0.25, 0.3) is 0 Å². The highest BCUT2D eigenvalue weighted by Gasteiger charge is 2.31. The maximum Gasteiger partial charge on any atom is 0.244 e. The van der Waals surface area contributed by atoms with E-state index in [9.17, 15) is 18.0 Å². The molecule has 8 nitrogen and oxygen atoms in total. The number of nitrogens with zero attached hydrogens (tertiary/aromatic N) is 2. The van der Waals surface area contributed by atoms with Crippen molar-refractivity contribution < 1.29 is 22.7 Å². The highest BCUT2D eigenvalue weighted by atomic mass is 79.9. The summed E-state index contributed by atoms with van der Waals surface area (Å²) in [5.74, 6) is -0.141. The number of ether oxygens (including phenoxy) is 1. The number of hydrogen-bond donors (Lipinski definition) is 1. The van der Waals surface area contributed by atoms with Gasteiger partial charge in [0, 0.05) is 17.6 Å². The van der Waals surface area contributed by atoms with E-state index in [0.717, 1.165) is 26.2 Å². The SMILES string of the molecule is CCNC(=O)[C@@H](CC)N(Cc1cccc(OC)c1)C(=O)CN(c1ccc(Br)c(C)c1)S(C)(=O)=O. The zero-order valence-electron chi connectivity index (χ0n) is 20.2. The van der Waals surface area contributed by atoms with E-state index in [1.54, 1.807) is 50.4 Å². The van der Waals surface area contributed by atoms with Crippen LogP contribution in [0.3, 0.4) is 0 Å². The second kappa shape index (κ2) is 12.2. The lowest BCUT2D eigenvalue weighted by Crippen LogP contribution is -2.52. The molecule has 0 fully saturated rings. The lowest BCUT2D eigenvalue weighted by atomic mass is 10.1. The molecule has 186 valence electrons. The number of benzene rings is 2. The predicted octanol–water partition coefficient (Wildman–Crippen LogP) is 3.48. The third-order valence-electron chi connectivity index (χ3n) is 5.33. The Labute approximate surface area is 210 Å². The van der Waals surface area contributed by atoms with E-state index in [1.807, 2.05) is 19.9 Å². The van der Waals surface area contributed by atoms with E-state index in [1.165, 1.54) is 4.90 Å². The number of sulfonamides is 1. The molecule has 0 aromatic heterocycles. The highest BCUT2D eigenvalue weighted by molar-refractivity contribution is 9.10. The first-order valence-corrected chi connectivity index (χ1v) is 13.6. The van der Waals surface area contributed by atoms with Gasteiger partial charge in [-0.2, -0.15) is 0 Å². The maximum atomic E-state index is 13.6. The molecule has 2 aromatic carbocycles. The summed E-state index contributed by atoms with van der Waals surface area (Å²) in [5.41, 5.74) is 1.98. The van der Waals surface area contributed by atoms with E-state index < -0.39 is 28.5 Å². The van der Waals surface area contributed by atoms with Crippen LogP contribution < -0.4 is 14.4 Å². The summed E-state index contributed by atoms with van der Waals surface area (Å²) in [4.78, 5) is 27.8. The number of halogens is 1. The Hall–Kier alpha value is -2.59. The number of likely N-dealkylation sites (N-methyl/N-ethyl adjacent to an activating group) is 1. The Morgan fingerprint density at radius 3 is 2.41 bits per heavy atom. The van der Waals surface area contributed by atoms with Crippen molar-refractivity contribution >= 4 is 43.5 Å². The fourth-order valence-corrected chi connectivity index (χ4v) is 4.66. The molecule has 0 saturated heterocycles. The van der Waals surface area contributed by atoms with E-state index in [-0.39, 0.29) is 12.5 Å². The summed E-state index contributed by atoms with van der Waals surface area (Å²) in [6.07, 6.45) is 1.43. The lowest BCUT2D eigenvalue weighted by Gasteiger charge is -2.33. The number of carbonyl (C=O) groups is 2. The summed E-state index contributed by atoms with van der Waals surface area (Å²) in [6, 6.07) is 11.5. The van der Waals surface area contributed by atoms with Crippen molar-refractivity contribution in [2.75, 3.05) is 30.8 Å². The van der Waals surface area contributed by atoms with Crippen molar-refractivity contribution in [2.45, 2.75) is 39.8 Å². The van der Waals surface area contributed by atoms with Gasteiger partial charge in [-0.1, -0.05) is 35.0 Å². The average molecular weight is 555 g/mol. The number of anilines is 1. The minimum Gasteiger partial charge on any atom is -0.497 e. The zero-order chi connectivity index (χ0) is 25.5. The zero-order valence-corrected chi connectivity index (χ0v) is 22.6. The van der Waals surface area contributed by atoms with Crippen LogP contribution in [0.4, 0.5) is 5.69 Å². The minimum absolute atomic E-state index is 0.128. The van der Waals surface area contributed by atoms with E-state index in [0.29, 0.717) is 24.4 Å². The first-order chi connectivity index (χ1) is 16.0. The Bertz CT molecular complexity index is 1120. The standard InChI is InChI=1S/C24H32BrN3O5S/c1-6-22(24(30)26-7-2)27(15-18-9-8-10-20(14-18)33-4)23(29)16-28(34(5,31)32)19-11-12-21(25)17(3)13-19/h8-14,22H,6-7,15-16H2,1-5H3,(H,26,30)/t22-/m1/s1. The van der Waals surface area contributed by atoms with Crippen molar-refractivity contribution in [3.05, 3.63) is 58.1 Å². The summed E-state index contributed by atoms with van der Waals surface area (Å²) in [5, 5.41) is 2.77. The third-order valence-corrected chi connectivity index (χ3v) is 7.36. The average Bonchev–Trinajstić information content (AvgIpc) is 2.78. The molecule has 0 radical (unpaired) electrons. The molecule has 34 heavy (non-hydrogen) atoms. The van der Waals surface area contributed by atoms with E-state index in [2.05, 4.69) is 21.2 Å². The summed E-state index contributed by atoms with van der Waals surface area (Å²) in [7, 11) is -2.22. The molecule has 0 aliphatic rings. The number of aryl methyl sites for hydroxylation is 1. The topological polar surface area (TPSA) is 96.0 Å². The first-order valence-electron chi connectivity index (χ1n) is 11.0. The summed E-state index contributed by atoms with van der Waals surface area (Å²) < 4.78 is 32.5. The van der Waals surface area contributed by atoms with Gasteiger partial charge in [-0.05, 0) is 61.7 Å². The summed E-state index contributed by atoms with van der Waals surface area (Å²) >= 11 is 3.41. The van der Waals surface area contributed by atoms with Gasteiger partial charge in [-0.15, -0.1) is 0 Å². The third kappa shape index (κ3) is 7.20. The van der Waals surface area contributed by atoms with Gasteiger partial charge in [0.05, 0.1) is 19.1 Å². The second-order valence-corrected chi connectivity index (χ2v) is 10.7. The van der Waals surface area contributed by atoms with Crippen molar-refractivity contribution in [1.82, 2.24) is 10.2 Å². The molecule has 0 unspecified atom stereocenters. The Morgan fingerprint density at radius 2 is 1.85 bits per heavy atom. The molecule has 0 bridgehead atoms. The Kier molecular flexibility index (Phi) is 9.93. The van der Waals surface area contributed by atoms with Gasteiger partial charge < -0.3 is 15.0 Å². The molecule has 0 spiro atoms. The predicted molar refractivity (Wildman–Crippen MR) is 137 cm³/mol. The number of methoxy groups -OCH3 is 1. The molecule has 0 aliphatic heterocycles. The fourth-order valence-electron chi connectivity index (χ4n) is 3.58. The first kappa shape index (κ1) is 27.7. The minimum atomic E-state index is -3.77. The van der Waals surface area contributed by atoms with Gasteiger partial charge in [0.15, 0.2) is 0 Å². The van der Waals surface area contributed by atoms with Crippen LogP contribution >= 0.6 is 15.9 Å². The van der Waals surface area contributed by atoms with Crippen molar-refractivity contribution in [1.29, 1.82) is 0 Å². The molecule has 0 aliphatic carbocycles. The molecule has 2 aromatic rings. The molecule has 0 heterocycles. The van der Waals surface area contributed by atoms with Crippen molar-refractivity contribution in [3.63, 3.8) is 0 Å². The number of hydrogen-bond acceptors (Lipinski definition) is 5. The molecule has 1 atom stereocenters. The van der Waals surface area contributed by atoms with Crippen LogP contribution in [0.2, 0.25) is 0 Å². The largest absolute Gasteiger partial charge is 0.497 e. The number of carbonyl (C=O) groups excluding carboxylic acids is 2. The van der Waals surface area contributed by atoms with Crippen LogP contribution in [-0.4, -0.2) is 57.6 Å². The van der Waals surface area contributed by atoms with Gasteiger partial charge in [0.1, 0.15) is 18.3 Å². The summed E-state index contributed by atoms with van der Waals surface area (Å²) in [6.45, 7) is 5.58. The van der Waals surface area contributed by atoms with Crippen LogP contribution in [0.1, 0.15) is 31.4 Å². The van der Waals surface area contributed by atoms with Crippen molar-refractivity contribution in [2.24, 2.45) is 0 Å². The van der Waals surface area contributed by atoms with Crippen LogP contribution in [0.25, 0.3) is 0 Å². The Balaban J connectivity index is 2.46. The van der Waals surface area contributed by atoms with Crippen molar-refractivity contribution in [3.8, 4) is 5.75 Å². The second-order valence-electron chi connectivity index (χ2n) is 7.89. The van der Waals surface area contributed by atoms with Crippen LogP contribution in [0, 0.1) is 6.92 Å². The van der Waals surface area contributed by atoms with Gasteiger partial charge in [-0.3, -0.25) is 13.9 Å². The van der Waals surface area contributed by atoms with Crippen LogP contribution in [0.15, 0.2) is 46.9 Å². The molecule has 2 rings (SSSR count). The van der Waals surface area contributed by atoms with Gasteiger partial charge in [0.2, 0.25) is 21.8 Å². The monoisotopic (exact) mass is 553 g/mol.